The smallest absolute Gasteiger partial charge is 0.367 e. The number of pyridine rings is 1. The number of carbonyl (C=O) groups is 1. The maximum atomic E-state index is 12.1. The van der Waals surface area contributed by atoms with Crippen molar-refractivity contribution in [2.75, 3.05) is 18.6 Å². The number of hydrogen-bond donors (Lipinski definition) is 0. The summed E-state index contributed by atoms with van der Waals surface area (Å²) in [5.41, 5.74) is 3.39. The molecule has 0 amide bonds. The Bertz CT molecular complexity index is 1450. The zero-order valence-corrected chi connectivity index (χ0v) is 19.5. The lowest BCUT2D eigenvalue weighted by atomic mass is 10.0. The largest absolute Gasteiger partial charge is 0.461 e. The van der Waals surface area contributed by atoms with Crippen molar-refractivity contribution in [1.29, 1.82) is 0 Å². The summed E-state index contributed by atoms with van der Waals surface area (Å²) < 4.78 is 5.08. The molecule has 0 aliphatic heterocycles. The Kier molecular flexibility index (Phi) is 5.97. The topological polar surface area (TPSA) is 81.1 Å². The number of carbonyl (C=O) groups excluding carboxylic acids is 1. The Labute approximate surface area is 200 Å². The quantitative estimate of drug-likeness (QED) is 0.294. The van der Waals surface area contributed by atoms with Gasteiger partial charge >= 0.3 is 5.97 Å². The summed E-state index contributed by atoms with van der Waals surface area (Å²) in [4.78, 5) is 32.8. The van der Waals surface area contributed by atoms with E-state index in [2.05, 4.69) is 28.2 Å². The summed E-state index contributed by atoms with van der Waals surface area (Å²) in [6.45, 7) is 2.06. The van der Waals surface area contributed by atoms with Crippen LogP contribution in [-0.4, -0.2) is 39.6 Å². The number of anilines is 2. The first kappa shape index (κ1) is 21.7. The maximum absolute atomic E-state index is 12.1. The highest BCUT2D eigenvalue weighted by atomic mass is 32.1. The molecule has 0 radical (unpaired) electrons. The highest BCUT2D eigenvalue weighted by molar-refractivity contribution is 7.11. The van der Waals surface area contributed by atoms with E-state index in [0.717, 1.165) is 27.8 Å². The lowest BCUT2D eigenvalue weighted by molar-refractivity contribution is 0.0526. The SMILES string of the molecule is CCOC(=O)c1nc(-c2nc(N(C)c3ccccn3)c3c(-c4ccccc4)cccc3n2)cs1. The van der Waals surface area contributed by atoms with E-state index >= 15 is 0 Å². The van der Waals surface area contributed by atoms with Gasteiger partial charge in [-0.2, -0.15) is 0 Å². The van der Waals surface area contributed by atoms with Crippen molar-refractivity contribution in [3.8, 4) is 22.6 Å². The van der Waals surface area contributed by atoms with Gasteiger partial charge in [0.2, 0.25) is 5.01 Å². The van der Waals surface area contributed by atoms with Gasteiger partial charge in [0.15, 0.2) is 5.82 Å². The van der Waals surface area contributed by atoms with Crippen LogP contribution >= 0.6 is 11.3 Å². The van der Waals surface area contributed by atoms with E-state index in [1.165, 1.54) is 11.3 Å². The minimum absolute atomic E-state index is 0.276. The lowest BCUT2D eigenvalue weighted by Crippen LogP contribution is -2.14. The third-order valence-electron chi connectivity index (χ3n) is 5.28. The molecule has 3 aromatic heterocycles. The van der Waals surface area contributed by atoms with Crippen molar-refractivity contribution in [2.45, 2.75) is 6.92 Å². The van der Waals surface area contributed by atoms with Crippen LogP contribution in [0.3, 0.4) is 0 Å². The second kappa shape index (κ2) is 9.36. The summed E-state index contributed by atoms with van der Waals surface area (Å²) >= 11 is 1.22. The number of nitrogens with zero attached hydrogens (tertiary/aromatic N) is 5. The molecule has 5 rings (SSSR count). The predicted octanol–water partition coefficient (Wildman–Crippen LogP) is 5.76. The summed E-state index contributed by atoms with van der Waals surface area (Å²) in [5.74, 6) is 1.43. The van der Waals surface area contributed by atoms with Crippen LogP contribution in [0.4, 0.5) is 11.6 Å². The van der Waals surface area contributed by atoms with Crippen molar-refractivity contribution in [1.82, 2.24) is 19.9 Å². The number of hydrogen-bond acceptors (Lipinski definition) is 8. The van der Waals surface area contributed by atoms with E-state index in [-0.39, 0.29) is 5.01 Å². The third-order valence-corrected chi connectivity index (χ3v) is 6.11. The molecular weight excluding hydrogens is 446 g/mol. The highest BCUT2D eigenvalue weighted by Gasteiger charge is 2.20. The number of aromatic nitrogens is 4. The van der Waals surface area contributed by atoms with Crippen molar-refractivity contribution < 1.29 is 9.53 Å². The molecule has 7 nitrogen and oxygen atoms in total. The molecular formula is C26H21N5O2S. The average molecular weight is 468 g/mol. The van der Waals surface area contributed by atoms with Gasteiger partial charge in [-0.25, -0.2) is 24.7 Å². The van der Waals surface area contributed by atoms with Crippen LogP contribution in [0.25, 0.3) is 33.5 Å². The zero-order valence-electron chi connectivity index (χ0n) is 18.7. The van der Waals surface area contributed by atoms with Crippen molar-refractivity contribution in [3.05, 3.63) is 83.3 Å². The van der Waals surface area contributed by atoms with E-state index in [4.69, 9.17) is 14.7 Å². The molecule has 0 saturated heterocycles. The van der Waals surface area contributed by atoms with Crippen LogP contribution in [0.15, 0.2) is 78.3 Å². The molecule has 0 atom stereocenters. The first-order valence-electron chi connectivity index (χ1n) is 10.8. The third kappa shape index (κ3) is 4.11. The number of ether oxygens (including phenoxy) is 1. The fourth-order valence-corrected chi connectivity index (χ4v) is 4.39. The maximum Gasteiger partial charge on any atom is 0.367 e. The van der Waals surface area contributed by atoms with Gasteiger partial charge in [-0.1, -0.05) is 48.5 Å². The van der Waals surface area contributed by atoms with E-state index in [9.17, 15) is 4.79 Å². The highest BCUT2D eigenvalue weighted by Crippen LogP contribution is 2.37. The molecule has 0 aliphatic carbocycles. The molecule has 168 valence electrons. The van der Waals surface area contributed by atoms with Crippen LogP contribution in [0, 0.1) is 0 Å². The van der Waals surface area contributed by atoms with E-state index < -0.39 is 5.97 Å². The monoisotopic (exact) mass is 467 g/mol. The van der Waals surface area contributed by atoms with Crippen LogP contribution in [0.1, 0.15) is 16.7 Å². The molecule has 5 aromatic rings. The number of rotatable bonds is 6. The van der Waals surface area contributed by atoms with Crippen LogP contribution < -0.4 is 4.90 Å². The summed E-state index contributed by atoms with van der Waals surface area (Å²) in [6.07, 6.45) is 1.75. The Hall–Kier alpha value is -4.17. The van der Waals surface area contributed by atoms with Gasteiger partial charge < -0.3 is 9.64 Å². The fourth-order valence-electron chi connectivity index (χ4n) is 3.70. The first-order chi connectivity index (χ1) is 16.7. The standard InChI is InChI=1S/C26H21N5O2S/c1-3-33-26(32)25-29-20(16-34-25)23-28-19-13-9-12-18(17-10-5-4-6-11-17)22(19)24(30-23)31(2)21-14-7-8-15-27-21/h4-16H,3H2,1-2H3. The molecule has 8 heteroatoms. The summed E-state index contributed by atoms with van der Waals surface area (Å²) in [5, 5.41) is 2.96. The second-order valence-electron chi connectivity index (χ2n) is 7.44. The van der Waals surface area contributed by atoms with E-state index in [0.29, 0.717) is 23.9 Å². The number of fused-ring (bicyclic) bond motifs is 1. The van der Waals surface area contributed by atoms with Gasteiger partial charge in [-0.3, -0.25) is 0 Å². The number of benzene rings is 2. The van der Waals surface area contributed by atoms with Gasteiger partial charge in [-0.15, -0.1) is 11.3 Å². The Morgan fingerprint density at radius 2 is 1.79 bits per heavy atom. The normalized spacial score (nSPS) is 10.9. The molecule has 34 heavy (non-hydrogen) atoms. The van der Waals surface area contributed by atoms with Crippen LogP contribution in [-0.2, 0) is 4.74 Å². The predicted molar refractivity (Wildman–Crippen MR) is 134 cm³/mol. The van der Waals surface area contributed by atoms with E-state index in [1.807, 2.05) is 60.5 Å². The van der Waals surface area contributed by atoms with Crippen LogP contribution in [0.5, 0.6) is 0 Å². The second-order valence-corrected chi connectivity index (χ2v) is 8.30. The van der Waals surface area contributed by atoms with E-state index in [1.54, 1.807) is 18.5 Å². The molecule has 0 aliphatic rings. The van der Waals surface area contributed by atoms with Gasteiger partial charge in [0.05, 0.1) is 17.5 Å². The lowest BCUT2D eigenvalue weighted by Gasteiger charge is -2.21. The van der Waals surface area contributed by atoms with Crippen molar-refractivity contribution >= 4 is 39.8 Å². The fraction of sp³-hybridized carbons (Fsp3) is 0.115. The Morgan fingerprint density at radius 1 is 0.971 bits per heavy atom. The molecule has 2 aromatic carbocycles. The van der Waals surface area contributed by atoms with Crippen molar-refractivity contribution in [3.63, 3.8) is 0 Å². The molecule has 0 N–H and O–H groups in total. The van der Waals surface area contributed by atoms with Crippen LogP contribution in [0.2, 0.25) is 0 Å². The molecule has 0 unspecified atom stereocenters. The molecule has 0 saturated carbocycles. The Morgan fingerprint density at radius 3 is 2.56 bits per heavy atom. The minimum Gasteiger partial charge on any atom is -0.461 e. The molecule has 0 bridgehead atoms. The van der Waals surface area contributed by atoms with Gasteiger partial charge in [0, 0.05) is 18.6 Å². The van der Waals surface area contributed by atoms with Gasteiger partial charge in [0.25, 0.3) is 0 Å². The zero-order chi connectivity index (χ0) is 23.5. The molecule has 0 spiro atoms. The van der Waals surface area contributed by atoms with Gasteiger partial charge in [-0.05, 0) is 36.2 Å². The minimum atomic E-state index is -0.447. The molecule has 0 fully saturated rings. The first-order valence-corrected chi connectivity index (χ1v) is 11.7. The number of esters is 1. The Balaban J connectivity index is 1.72. The van der Waals surface area contributed by atoms with Gasteiger partial charge in [0.1, 0.15) is 17.3 Å². The summed E-state index contributed by atoms with van der Waals surface area (Å²) in [6, 6.07) is 21.9. The number of thiazole rings is 1. The molecule has 3 heterocycles. The summed E-state index contributed by atoms with van der Waals surface area (Å²) in [7, 11) is 1.93. The average Bonchev–Trinajstić information content (AvgIpc) is 3.39. The van der Waals surface area contributed by atoms with Crippen molar-refractivity contribution in [2.24, 2.45) is 0 Å².